The molecule has 3 nitrogen and oxygen atoms in total. The van der Waals surface area contributed by atoms with Gasteiger partial charge >= 0.3 is 6.09 Å². The summed E-state index contributed by atoms with van der Waals surface area (Å²) in [5.74, 6) is 0.381. The van der Waals surface area contributed by atoms with Crippen LogP contribution in [-0.2, 0) is 0 Å². The molecule has 2 rings (SSSR count). The Bertz CT molecular complexity index is 552. The van der Waals surface area contributed by atoms with Crippen molar-refractivity contribution < 1.29 is 14.3 Å². The third-order valence-electron chi connectivity index (χ3n) is 5.58. The van der Waals surface area contributed by atoms with Gasteiger partial charge in [-0.3, -0.25) is 0 Å². The number of carbonyl (C=O) groups is 1. The van der Waals surface area contributed by atoms with E-state index in [9.17, 15) is 14.3 Å². The molecule has 1 aromatic carbocycles. The van der Waals surface area contributed by atoms with Gasteiger partial charge in [-0.15, -0.1) is 6.58 Å². The molecule has 1 aliphatic rings. The molecule has 1 aromatic rings. The van der Waals surface area contributed by atoms with E-state index in [1.807, 2.05) is 13.0 Å². The maximum absolute atomic E-state index is 13.2. The molecule has 1 amide bonds. The van der Waals surface area contributed by atoms with Gasteiger partial charge in [-0.2, -0.15) is 0 Å². The molecule has 1 saturated carbocycles. The SMILES string of the molecule is C=CCC(CCN(C(=O)O)[C@@H](C)C1CCCCC1)c1ccc(F)cc1. The second-order valence-electron chi connectivity index (χ2n) is 7.18. The van der Waals surface area contributed by atoms with E-state index in [1.54, 1.807) is 17.0 Å². The van der Waals surface area contributed by atoms with E-state index in [4.69, 9.17) is 0 Å². The highest BCUT2D eigenvalue weighted by atomic mass is 19.1. The summed E-state index contributed by atoms with van der Waals surface area (Å²) in [6.07, 6.45) is 8.42. The maximum Gasteiger partial charge on any atom is 0.407 e. The van der Waals surface area contributed by atoms with Crippen LogP contribution in [0.2, 0.25) is 0 Å². The third kappa shape index (κ3) is 5.58. The van der Waals surface area contributed by atoms with Crippen LogP contribution in [0.5, 0.6) is 0 Å². The van der Waals surface area contributed by atoms with E-state index >= 15 is 0 Å². The molecule has 0 aromatic heterocycles. The van der Waals surface area contributed by atoms with Gasteiger partial charge in [0.2, 0.25) is 0 Å². The Labute approximate surface area is 150 Å². The first-order chi connectivity index (χ1) is 12.0. The van der Waals surface area contributed by atoms with Gasteiger partial charge in [0.25, 0.3) is 0 Å². The molecule has 0 spiro atoms. The fourth-order valence-electron chi connectivity index (χ4n) is 4.00. The quantitative estimate of drug-likeness (QED) is 0.602. The Hall–Kier alpha value is -1.84. The maximum atomic E-state index is 13.2. The fraction of sp³-hybridized carbons (Fsp3) is 0.571. The summed E-state index contributed by atoms with van der Waals surface area (Å²) >= 11 is 0. The summed E-state index contributed by atoms with van der Waals surface area (Å²) in [7, 11) is 0. The van der Waals surface area contributed by atoms with Crippen LogP contribution in [0.3, 0.4) is 0 Å². The van der Waals surface area contributed by atoms with Crippen LogP contribution >= 0.6 is 0 Å². The Morgan fingerprint density at radius 3 is 2.52 bits per heavy atom. The Morgan fingerprint density at radius 2 is 1.96 bits per heavy atom. The van der Waals surface area contributed by atoms with Crippen LogP contribution in [-0.4, -0.2) is 28.7 Å². The van der Waals surface area contributed by atoms with Crippen molar-refractivity contribution in [3.63, 3.8) is 0 Å². The summed E-state index contributed by atoms with van der Waals surface area (Å²) in [5.41, 5.74) is 1.04. The van der Waals surface area contributed by atoms with Crippen molar-refractivity contribution in [1.29, 1.82) is 0 Å². The lowest BCUT2D eigenvalue weighted by molar-refractivity contribution is 0.0980. The van der Waals surface area contributed by atoms with Gasteiger partial charge in [-0.25, -0.2) is 9.18 Å². The average molecular weight is 347 g/mol. The minimum atomic E-state index is -0.838. The van der Waals surface area contributed by atoms with Crippen LogP contribution in [0.1, 0.15) is 63.4 Å². The normalized spacial score (nSPS) is 17.7. The van der Waals surface area contributed by atoms with Gasteiger partial charge in [0.1, 0.15) is 5.82 Å². The predicted octanol–water partition coefficient (Wildman–Crippen LogP) is 5.82. The molecule has 0 bridgehead atoms. The average Bonchev–Trinajstić information content (AvgIpc) is 2.62. The predicted molar refractivity (Wildman–Crippen MR) is 99.3 cm³/mol. The minimum Gasteiger partial charge on any atom is -0.465 e. The number of amides is 1. The molecule has 1 aliphatic carbocycles. The molecule has 1 N–H and O–H groups in total. The Kier molecular flexibility index (Phi) is 7.48. The molecule has 1 fully saturated rings. The van der Waals surface area contributed by atoms with Gasteiger partial charge in [0, 0.05) is 12.6 Å². The fourth-order valence-corrected chi connectivity index (χ4v) is 4.00. The smallest absolute Gasteiger partial charge is 0.407 e. The molecule has 0 heterocycles. The largest absolute Gasteiger partial charge is 0.465 e. The highest BCUT2D eigenvalue weighted by molar-refractivity contribution is 5.65. The lowest BCUT2D eigenvalue weighted by Crippen LogP contribution is -2.43. The van der Waals surface area contributed by atoms with Gasteiger partial charge < -0.3 is 10.0 Å². The number of halogens is 1. The molecule has 4 heteroatoms. The van der Waals surface area contributed by atoms with Crippen molar-refractivity contribution in [2.24, 2.45) is 5.92 Å². The zero-order valence-corrected chi connectivity index (χ0v) is 15.2. The summed E-state index contributed by atoms with van der Waals surface area (Å²) < 4.78 is 13.2. The molecular formula is C21H30FNO2. The lowest BCUT2D eigenvalue weighted by atomic mass is 9.83. The van der Waals surface area contributed by atoms with Crippen molar-refractivity contribution in [1.82, 2.24) is 4.90 Å². The number of allylic oxidation sites excluding steroid dienone is 1. The van der Waals surface area contributed by atoms with Gasteiger partial charge in [0.15, 0.2) is 0 Å². The van der Waals surface area contributed by atoms with Crippen LogP contribution in [0.4, 0.5) is 9.18 Å². The summed E-state index contributed by atoms with van der Waals surface area (Å²) in [5, 5.41) is 9.68. The molecule has 0 radical (unpaired) electrons. The highest BCUT2D eigenvalue weighted by Gasteiger charge is 2.28. The van der Waals surface area contributed by atoms with Crippen LogP contribution in [0, 0.1) is 11.7 Å². The van der Waals surface area contributed by atoms with E-state index in [1.165, 1.54) is 31.4 Å². The van der Waals surface area contributed by atoms with E-state index in [2.05, 4.69) is 6.58 Å². The van der Waals surface area contributed by atoms with E-state index < -0.39 is 6.09 Å². The summed E-state index contributed by atoms with van der Waals surface area (Å²) in [4.78, 5) is 13.4. The zero-order valence-electron chi connectivity index (χ0n) is 15.2. The number of benzene rings is 1. The standard InChI is InChI=1S/C21H30FNO2/c1-3-7-18(19-10-12-20(22)13-11-19)14-15-23(21(24)25)16(2)17-8-5-4-6-9-17/h3,10-13,16-18H,1,4-9,14-15H2,2H3,(H,24,25)/t16-,18?/m0/s1. The first kappa shape index (κ1) is 19.5. The topological polar surface area (TPSA) is 40.5 Å². The van der Waals surface area contributed by atoms with Crippen LogP contribution in [0.25, 0.3) is 0 Å². The van der Waals surface area contributed by atoms with Crippen molar-refractivity contribution >= 4 is 6.09 Å². The van der Waals surface area contributed by atoms with Crippen molar-refractivity contribution in [2.75, 3.05) is 6.54 Å². The summed E-state index contributed by atoms with van der Waals surface area (Å²) in [6, 6.07) is 6.56. The van der Waals surface area contributed by atoms with Crippen LogP contribution < -0.4 is 0 Å². The van der Waals surface area contributed by atoms with Crippen molar-refractivity contribution in [3.05, 3.63) is 48.3 Å². The monoisotopic (exact) mass is 347 g/mol. The van der Waals surface area contributed by atoms with Gasteiger partial charge in [-0.05, 0) is 62.1 Å². The lowest BCUT2D eigenvalue weighted by Gasteiger charge is -2.35. The first-order valence-corrected chi connectivity index (χ1v) is 9.38. The van der Waals surface area contributed by atoms with Crippen molar-refractivity contribution in [2.45, 2.75) is 63.8 Å². The van der Waals surface area contributed by atoms with Crippen LogP contribution in [0.15, 0.2) is 36.9 Å². The third-order valence-corrected chi connectivity index (χ3v) is 5.58. The number of carboxylic acid groups (broad SMARTS) is 1. The second-order valence-corrected chi connectivity index (χ2v) is 7.18. The van der Waals surface area contributed by atoms with E-state index in [-0.39, 0.29) is 17.8 Å². The molecule has 25 heavy (non-hydrogen) atoms. The van der Waals surface area contributed by atoms with E-state index in [0.717, 1.165) is 31.2 Å². The Balaban J connectivity index is 2.02. The molecule has 0 aliphatic heterocycles. The molecule has 0 saturated heterocycles. The zero-order chi connectivity index (χ0) is 18.2. The van der Waals surface area contributed by atoms with Gasteiger partial charge in [0.05, 0.1) is 0 Å². The minimum absolute atomic E-state index is 0.0513. The first-order valence-electron chi connectivity index (χ1n) is 9.38. The number of hydrogen-bond donors (Lipinski definition) is 1. The van der Waals surface area contributed by atoms with E-state index in [0.29, 0.717) is 12.5 Å². The molecule has 1 unspecified atom stereocenters. The summed E-state index contributed by atoms with van der Waals surface area (Å²) in [6.45, 7) is 6.36. The number of nitrogens with zero attached hydrogens (tertiary/aromatic N) is 1. The molecule has 2 atom stereocenters. The highest BCUT2D eigenvalue weighted by Crippen LogP contribution is 2.30. The second kappa shape index (κ2) is 9.59. The van der Waals surface area contributed by atoms with Gasteiger partial charge in [-0.1, -0.05) is 37.5 Å². The number of rotatable bonds is 8. The number of hydrogen-bond acceptors (Lipinski definition) is 1. The van der Waals surface area contributed by atoms with Crippen molar-refractivity contribution in [3.8, 4) is 0 Å². The Morgan fingerprint density at radius 1 is 1.32 bits per heavy atom. The molecular weight excluding hydrogens is 317 g/mol. The molecule has 138 valence electrons.